The second kappa shape index (κ2) is 4.67. The molecule has 0 aliphatic heterocycles. The summed E-state index contributed by atoms with van der Waals surface area (Å²) in [5.74, 6) is -0.225. The summed E-state index contributed by atoms with van der Waals surface area (Å²) in [6.45, 7) is 3.52. The molecule has 1 aromatic rings. The van der Waals surface area contributed by atoms with Crippen LogP contribution in [0.4, 0.5) is 5.69 Å². The Hall–Kier alpha value is -0.730. The van der Waals surface area contributed by atoms with E-state index in [-0.39, 0.29) is 5.91 Å². The van der Waals surface area contributed by atoms with Gasteiger partial charge >= 0.3 is 0 Å². The number of halogens is 2. The molecule has 0 aliphatic rings. The van der Waals surface area contributed by atoms with Gasteiger partial charge in [0.25, 0.3) is 0 Å². The number of aryl methyl sites for hydroxylation is 1. The van der Waals surface area contributed by atoms with Crippen LogP contribution in [0.3, 0.4) is 0 Å². The second-order valence-electron chi connectivity index (χ2n) is 3.06. The molecule has 1 atom stereocenters. The molecule has 1 N–H and O–H groups in total. The van der Waals surface area contributed by atoms with E-state index in [9.17, 15) is 4.79 Å². The lowest BCUT2D eigenvalue weighted by Gasteiger charge is -2.09. The van der Waals surface area contributed by atoms with Gasteiger partial charge in [-0.25, -0.2) is 0 Å². The molecule has 0 saturated heterocycles. The third-order valence-corrected chi connectivity index (χ3v) is 2.25. The van der Waals surface area contributed by atoms with E-state index >= 15 is 0 Å². The Morgan fingerprint density at radius 2 is 2.14 bits per heavy atom. The molecule has 76 valence electrons. The maximum Gasteiger partial charge on any atom is 0.242 e. The highest BCUT2D eigenvalue weighted by molar-refractivity contribution is 6.32. The fourth-order valence-electron chi connectivity index (χ4n) is 0.961. The highest BCUT2D eigenvalue weighted by Crippen LogP contribution is 2.20. The van der Waals surface area contributed by atoms with Gasteiger partial charge in [-0.3, -0.25) is 4.79 Å². The molecule has 1 aromatic carbocycles. The zero-order valence-electron chi connectivity index (χ0n) is 7.97. The Balaban J connectivity index is 2.86. The topological polar surface area (TPSA) is 29.1 Å². The molecule has 0 heterocycles. The minimum absolute atomic E-state index is 0.225. The number of amides is 1. The summed E-state index contributed by atoms with van der Waals surface area (Å²) < 4.78 is 0. The third kappa shape index (κ3) is 2.89. The minimum atomic E-state index is -0.548. The highest BCUT2D eigenvalue weighted by atomic mass is 35.5. The van der Waals surface area contributed by atoms with Crippen molar-refractivity contribution in [1.29, 1.82) is 0 Å². The molecule has 0 radical (unpaired) electrons. The van der Waals surface area contributed by atoms with Crippen molar-refractivity contribution in [3.8, 4) is 0 Å². The average Bonchev–Trinajstić information content (AvgIpc) is 2.11. The van der Waals surface area contributed by atoms with Gasteiger partial charge in [-0.2, -0.15) is 0 Å². The van der Waals surface area contributed by atoms with Gasteiger partial charge in [-0.1, -0.05) is 17.7 Å². The number of hydrogen-bond donors (Lipinski definition) is 1. The zero-order valence-corrected chi connectivity index (χ0v) is 9.49. The van der Waals surface area contributed by atoms with Gasteiger partial charge < -0.3 is 5.32 Å². The molecule has 2 nitrogen and oxygen atoms in total. The molecule has 0 unspecified atom stereocenters. The number of hydrogen-bond acceptors (Lipinski definition) is 1. The second-order valence-corrected chi connectivity index (χ2v) is 4.16. The van der Waals surface area contributed by atoms with Crippen LogP contribution in [-0.2, 0) is 4.79 Å². The molecule has 0 aromatic heterocycles. The van der Waals surface area contributed by atoms with Crippen LogP contribution in [0.5, 0.6) is 0 Å². The molecular weight excluding hydrogens is 221 g/mol. The van der Waals surface area contributed by atoms with Crippen molar-refractivity contribution in [2.24, 2.45) is 0 Å². The van der Waals surface area contributed by atoms with Gasteiger partial charge in [-0.15, -0.1) is 11.6 Å². The molecule has 1 amide bonds. The predicted molar refractivity (Wildman–Crippen MR) is 60.1 cm³/mol. The number of nitrogens with one attached hydrogen (secondary N) is 1. The molecule has 14 heavy (non-hydrogen) atoms. The fraction of sp³-hybridized carbons (Fsp3) is 0.300. The molecule has 4 heteroatoms. The first-order valence-corrected chi connectivity index (χ1v) is 5.03. The molecule has 0 fully saturated rings. The maximum absolute atomic E-state index is 11.3. The lowest BCUT2D eigenvalue weighted by molar-refractivity contribution is -0.115. The Kier molecular flexibility index (Phi) is 3.78. The van der Waals surface area contributed by atoms with Crippen molar-refractivity contribution in [2.75, 3.05) is 5.32 Å². The Morgan fingerprint density at radius 3 is 2.71 bits per heavy atom. The monoisotopic (exact) mass is 231 g/mol. The van der Waals surface area contributed by atoms with E-state index in [4.69, 9.17) is 23.2 Å². The van der Waals surface area contributed by atoms with Crippen molar-refractivity contribution < 1.29 is 4.79 Å². The lowest BCUT2D eigenvalue weighted by Crippen LogP contribution is -2.20. The minimum Gasteiger partial charge on any atom is -0.325 e. The summed E-state index contributed by atoms with van der Waals surface area (Å²) in [5, 5.41) is 2.74. The van der Waals surface area contributed by atoms with Gasteiger partial charge in [0, 0.05) is 10.7 Å². The van der Waals surface area contributed by atoms with E-state index in [0.717, 1.165) is 5.56 Å². The average molecular weight is 232 g/mol. The van der Waals surface area contributed by atoms with Crippen LogP contribution in [0, 0.1) is 6.92 Å². The van der Waals surface area contributed by atoms with Crippen LogP contribution in [0.25, 0.3) is 0 Å². The van der Waals surface area contributed by atoms with Gasteiger partial charge in [0.15, 0.2) is 0 Å². The number of anilines is 1. The van der Waals surface area contributed by atoms with Crippen LogP contribution in [-0.4, -0.2) is 11.3 Å². The quantitative estimate of drug-likeness (QED) is 0.779. The summed E-state index contributed by atoms with van der Waals surface area (Å²) in [5.41, 5.74) is 1.66. The van der Waals surface area contributed by atoms with Crippen LogP contribution in [0.1, 0.15) is 12.5 Å². The van der Waals surface area contributed by atoms with E-state index in [1.807, 2.05) is 13.0 Å². The highest BCUT2D eigenvalue weighted by Gasteiger charge is 2.10. The smallest absolute Gasteiger partial charge is 0.242 e. The Morgan fingerprint density at radius 1 is 1.50 bits per heavy atom. The summed E-state index contributed by atoms with van der Waals surface area (Å²) in [7, 11) is 0. The van der Waals surface area contributed by atoms with E-state index in [0.29, 0.717) is 10.7 Å². The standard InChI is InChI=1S/C10H11Cl2NO/c1-6-3-4-8(12)5-9(6)13-10(14)7(2)11/h3-5,7H,1-2H3,(H,13,14)/t7-/m0/s1. The Bertz CT molecular complexity index is 350. The van der Waals surface area contributed by atoms with E-state index < -0.39 is 5.38 Å². The summed E-state index contributed by atoms with van der Waals surface area (Å²) in [4.78, 5) is 11.3. The van der Waals surface area contributed by atoms with Crippen molar-refractivity contribution in [2.45, 2.75) is 19.2 Å². The van der Waals surface area contributed by atoms with E-state index in [1.54, 1.807) is 19.1 Å². The SMILES string of the molecule is Cc1ccc(Cl)cc1NC(=O)[C@H](C)Cl. The summed E-state index contributed by atoms with van der Waals surface area (Å²) >= 11 is 11.4. The van der Waals surface area contributed by atoms with E-state index in [1.165, 1.54) is 0 Å². The number of benzene rings is 1. The van der Waals surface area contributed by atoms with E-state index in [2.05, 4.69) is 5.32 Å². The van der Waals surface area contributed by atoms with Crippen LogP contribution in [0.2, 0.25) is 5.02 Å². The first-order valence-electron chi connectivity index (χ1n) is 4.22. The Labute approximate surface area is 93.2 Å². The maximum atomic E-state index is 11.3. The molecule has 0 bridgehead atoms. The fourth-order valence-corrected chi connectivity index (χ4v) is 1.19. The zero-order chi connectivity index (χ0) is 10.7. The first kappa shape index (κ1) is 11.3. The summed E-state index contributed by atoms with van der Waals surface area (Å²) in [6, 6.07) is 5.32. The van der Waals surface area contributed by atoms with Gasteiger partial charge in [-0.05, 0) is 31.5 Å². The largest absolute Gasteiger partial charge is 0.325 e. The number of alkyl halides is 1. The van der Waals surface area contributed by atoms with Crippen molar-refractivity contribution >= 4 is 34.8 Å². The van der Waals surface area contributed by atoms with Gasteiger partial charge in [0.1, 0.15) is 5.38 Å². The number of rotatable bonds is 2. The molecular formula is C10H11Cl2NO. The normalized spacial score (nSPS) is 12.3. The van der Waals surface area contributed by atoms with Crippen molar-refractivity contribution in [3.63, 3.8) is 0 Å². The first-order chi connectivity index (χ1) is 6.50. The molecule has 0 aliphatic carbocycles. The lowest BCUT2D eigenvalue weighted by atomic mass is 10.2. The molecule has 1 rings (SSSR count). The van der Waals surface area contributed by atoms with Gasteiger partial charge in [0.05, 0.1) is 0 Å². The molecule has 0 saturated carbocycles. The van der Waals surface area contributed by atoms with Crippen LogP contribution < -0.4 is 5.32 Å². The summed E-state index contributed by atoms with van der Waals surface area (Å²) in [6.07, 6.45) is 0. The van der Waals surface area contributed by atoms with Crippen molar-refractivity contribution in [1.82, 2.24) is 0 Å². The van der Waals surface area contributed by atoms with Crippen LogP contribution >= 0.6 is 23.2 Å². The molecule has 0 spiro atoms. The van der Waals surface area contributed by atoms with Gasteiger partial charge in [0.2, 0.25) is 5.91 Å². The predicted octanol–water partition coefficient (Wildman–Crippen LogP) is 3.21. The van der Waals surface area contributed by atoms with Crippen molar-refractivity contribution in [3.05, 3.63) is 28.8 Å². The third-order valence-electron chi connectivity index (χ3n) is 1.82. The van der Waals surface area contributed by atoms with Crippen LogP contribution in [0.15, 0.2) is 18.2 Å². The number of carbonyl (C=O) groups excluding carboxylic acids is 1. The number of carbonyl (C=O) groups is 1.